The van der Waals surface area contributed by atoms with Crippen LogP contribution in [0.15, 0.2) is 24.3 Å². The molecule has 0 aromatic heterocycles. The number of allylic oxidation sites excluding steroid dienone is 4. The van der Waals surface area contributed by atoms with E-state index in [1.807, 2.05) is 0 Å². The van der Waals surface area contributed by atoms with Crippen molar-refractivity contribution in [2.24, 2.45) is 0 Å². The van der Waals surface area contributed by atoms with Gasteiger partial charge in [0.2, 0.25) is 0 Å². The molecule has 0 aromatic carbocycles. The van der Waals surface area contributed by atoms with Gasteiger partial charge in [-0.25, -0.2) is 0 Å². The summed E-state index contributed by atoms with van der Waals surface area (Å²) in [6, 6.07) is 0. The Bertz CT molecular complexity index is 381. The fraction of sp³-hybridized carbons (Fsp3) is 0.852. The van der Waals surface area contributed by atoms with Crippen LogP contribution in [0.1, 0.15) is 104 Å². The molecule has 0 aliphatic rings. The van der Waals surface area contributed by atoms with E-state index in [0.717, 1.165) is 32.8 Å². The molecule has 0 radical (unpaired) electrons. The molecule has 0 fully saturated rings. The third-order valence-corrected chi connectivity index (χ3v) is 5.67. The molecule has 3 heteroatoms. The topological polar surface area (TPSA) is 15.7 Å². The van der Waals surface area contributed by atoms with Gasteiger partial charge >= 0.3 is 0 Å². The molecule has 0 saturated heterocycles. The molecular weight excluding hydrogens is 368 g/mol. The summed E-state index contributed by atoms with van der Waals surface area (Å²) in [7, 11) is 4.34. The second-order valence-corrected chi connectivity index (χ2v) is 8.80. The first kappa shape index (κ1) is 29.4. The average molecular weight is 423 g/mol. The van der Waals surface area contributed by atoms with E-state index >= 15 is 0 Å². The predicted molar refractivity (Wildman–Crippen MR) is 135 cm³/mol. The zero-order valence-corrected chi connectivity index (χ0v) is 21.0. The van der Waals surface area contributed by atoms with Crippen LogP contribution in [0.4, 0.5) is 0 Å². The predicted octanol–water partition coefficient (Wildman–Crippen LogP) is 7.44. The van der Waals surface area contributed by atoms with Gasteiger partial charge in [0.25, 0.3) is 0 Å². The first-order chi connectivity index (χ1) is 14.7. The van der Waals surface area contributed by atoms with Crippen molar-refractivity contribution in [1.82, 2.24) is 9.80 Å². The molecular formula is C27H54N2O. The van der Waals surface area contributed by atoms with Crippen molar-refractivity contribution >= 4 is 0 Å². The van der Waals surface area contributed by atoms with Crippen LogP contribution in [0.3, 0.4) is 0 Å². The maximum atomic E-state index is 5.80. The summed E-state index contributed by atoms with van der Waals surface area (Å²) < 4.78 is 5.80. The third kappa shape index (κ3) is 23.6. The lowest BCUT2D eigenvalue weighted by atomic mass is 10.1. The van der Waals surface area contributed by atoms with Crippen molar-refractivity contribution in [3.05, 3.63) is 24.3 Å². The van der Waals surface area contributed by atoms with Gasteiger partial charge in [-0.2, -0.15) is 0 Å². The van der Waals surface area contributed by atoms with E-state index in [1.165, 1.54) is 90.0 Å². The highest BCUT2D eigenvalue weighted by Gasteiger charge is 2.00. The highest BCUT2D eigenvalue weighted by Crippen LogP contribution is 2.09. The summed E-state index contributed by atoms with van der Waals surface area (Å²) in [5.74, 6) is 0. The molecule has 0 aliphatic carbocycles. The van der Waals surface area contributed by atoms with Gasteiger partial charge in [0.1, 0.15) is 0 Å². The summed E-state index contributed by atoms with van der Waals surface area (Å²) >= 11 is 0. The quantitative estimate of drug-likeness (QED) is 0.0966. The molecule has 0 aromatic rings. The third-order valence-electron chi connectivity index (χ3n) is 5.67. The maximum absolute atomic E-state index is 5.80. The largest absolute Gasteiger partial charge is 0.366 e. The number of rotatable bonds is 23. The molecule has 0 spiro atoms. The minimum absolute atomic E-state index is 0.776. The van der Waals surface area contributed by atoms with Gasteiger partial charge in [0, 0.05) is 13.2 Å². The monoisotopic (exact) mass is 422 g/mol. The number of nitrogens with zero attached hydrogens (tertiary/aromatic N) is 2. The number of hydrogen-bond donors (Lipinski definition) is 0. The van der Waals surface area contributed by atoms with Gasteiger partial charge < -0.3 is 9.64 Å². The van der Waals surface area contributed by atoms with Gasteiger partial charge in [-0.3, -0.25) is 4.90 Å². The Labute approximate surface area is 189 Å². The van der Waals surface area contributed by atoms with Crippen molar-refractivity contribution in [2.75, 3.05) is 47.1 Å². The van der Waals surface area contributed by atoms with Crippen LogP contribution in [0.5, 0.6) is 0 Å². The molecule has 178 valence electrons. The lowest BCUT2D eigenvalue weighted by molar-refractivity contribution is 0.0393. The zero-order chi connectivity index (χ0) is 22.1. The average Bonchev–Trinajstić information content (AvgIpc) is 2.75. The summed E-state index contributed by atoms with van der Waals surface area (Å²) in [5.41, 5.74) is 0. The molecule has 3 nitrogen and oxygen atoms in total. The lowest BCUT2D eigenvalue weighted by Gasteiger charge is -2.19. The minimum Gasteiger partial charge on any atom is -0.366 e. The van der Waals surface area contributed by atoms with Crippen molar-refractivity contribution in [1.29, 1.82) is 0 Å². The van der Waals surface area contributed by atoms with Crippen LogP contribution >= 0.6 is 0 Å². The first-order valence-corrected chi connectivity index (χ1v) is 13.0. The number of unbranched alkanes of at least 4 members (excludes halogenated alkanes) is 10. The number of hydrogen-bond acceptors (Lipinski definition) is 3. The molecule has 30 heavy (non-hydrogen) atoms. The molecule has 0 saturated carbocycles. The van der Waals surface area contributed by atoms with Gasteiger partial charge in [0.15, 0.2) is 0 Å². The van der Waals surface area contributed by atoms with Gasteiger partial charge in [-0.15, -0.1) is 0 Å². The normalized spacial score (nSPS) is 12.3. The van der Waals surface area contributed by atoms with Crippen LogP contribution in [0, 0.1) is 0 Å². The second-order valence-electron chi connectivity index (χ2n) is 8.80. The SMILES string of the molecule is CCCCCC=CCC=CCCCCCCCCCOCN(C)CCCN(C)CC. The van der Waals surface area contributed by atoms with E-state index in [1.54, 1.807) is 0 Å². The zero-order valence-electron chi connectivity index (χ0n) is 21.0. The summed E-state index contributed by atoms with van der Waals surface area (Å²) in [4.78, 5) is 4.65. The molecule has 0 aliphatic heterocycles. The van der Waals surface area contributed by atoms with Crippen molar-refractivity contribution in [2.45, 2.75) is 104 Å². The Morgan fingerprint density at radius 3 is 1.80 bits per heavy atom. The highest BCUT2D eigenvalue weighted by atomic mass is 16.5. The molecule has 0 unspecified atom stereocenters. The summed E-state index contributed by atoms with van der Waals surface area (Å²) in [6.07, 6.45) is 27.6. The summed E-state index contributed by atoms with van der Waals surface area (Å²) in [5, 5.41) is 0. The maximum Gasteiger partial charge on any atom is 0.0987 e. The fourth-order valence-electron chi connectivity index (χ4n) is 3.42. The Balaban J connectivity index is 3.23. The summed E-state index contributed by atoms with van der Waals surface area (Å²) in [6.45, 7) is 9.59. The molecule has 0 bridgehead atoms. The fourth-order valence-corrected chi connectivity index (χ4v) is 3.42. The van der Waals surface area contributed by atoms with Crippen molar-refractivity contribution < 1.29 is 4.74 Å². The van der Waals surface area contributed by atoms with E-state index in [-0.39, 0.29) is 0 Å². The molecule has 0 N–H and O–H groups in total. The smallest absolute Gasteiger partial charge is 0.0987 e. The van der Waals surface area contributed by atoms with Crippen molar-refractivity contribution in [3.63, 3.8) is 0 Å². The van der Waals surface area contributed by atoms with Crippen LogP contribution in [0.25, 0.3) is 0 Å². The molecule has 0 atom stereocenters. The van der Waals surface area contributed by atoms with Crippen LogP contribution in [-0.4, -0.2) is 56.9 Å². The Morgan fingerprint density at radius 1 is 0.600 bits per heavy atom. The van der Waals surface area contributed by atoms with Crippen LogP contribution < -0.4 is 0 Å². The first-order valence-electron chi connectivity index (χ1n) is 13.0. The van der Waals surface area contributed by atoms with Gasteiger partial charge in [-0.05, 0) is 72.1 Å². The van der Waals surface area contributed by atoms with Crippen LogP contribution in [-0.2, 0) is 4.74 Å². The number of ether oxygens (including phenoxy) is 1. The van der Waals surface area contributed by atoms with Crippen LogP contribution in [0.2, 0.25) is 0 Å². The Kier molecular flexibility index (Phi) is 24.1. The van der Waals surface area contributed by atoms with E-state index < -0.39 is 0 Å². The van der Waals surface area contributed by atoms with E-state index in [0.29, 0.717) is 0 Å². The Hall–Kier alpha value is -0.640. The standard InChI is InChI=1S/C27H54N2O/c1-5-7-8-9-10-11-12-13-14-15-16-17-18-19-20-21-22-26-30-27-29(4)25-23-24-28(3)6-2/h10-11,13-14H,5-9,12,15-27H2,1-4H3. The molecule has 0 amide bonds. The lowest BCUT2D eigenvalue weighted by Crippen LogP contribution is -2.27. The second kappa shape index (κ2) is 24.6. The van der Waals surface area contributed by atoms with E-state index in [9.17, 15) is 0 Å². The molecule has 0 rings (SSSR count). The van der Waals surface area contributed by atoms with Gasteiger partial charge in [0.05, 0.1) is 6.73 Å². The highest BCUT2D eigenvalue weighted by molar-refractivity contribution is 4.92. The van der Waals surface area contributed by atoms with Gasteiger partial charge in [-0.1, -0.05) is 83.1 Å². The Morgan fingerprint density at radius 2 is 1.17 bits per heavy atom. The molecule has 0 heterocycles. The van der Waals surface area contributed by atoms with E-state index in [2.05, 4.69) is 62.0 Å². The van der Waals surface area contributed by atoms with E-state index in [4.69, 9.17) is 4.74 Å². The van der Waals surface area contributed by atoms with Crippen molar-refractivity contribution in [3.8, 4) is 0 Å². The minimum atomic E-state index is 0.776.